The number of carboxylic acid groups (broad SMARTS) is 1. The van der Waals surface area contributed by atoms with Crippen LogP contribution in [0.15, 0.2) is 47.5 Å². The van der Waals surface area contributed by atoms with E-state index < -0.39 is 39.2 Å². The number of nitrogens with zero attached hydrogens (tertiary/aromatic N) is 1. The van der Waals surface area contributed by atoms with Gasteiger partial charge in [-0.1, -0.05) is 12.1 Å². The molecule has 1 aliphatic rings. The predicted molar refractivity (Wildman–Crippen MR) is 121 cm³/mol. The van der Waals surface area contributed by atoms with Crippen molar-refractivity contribution in [1.29, 1.82) is 5.41 Å². The molecule has 12 nitrogen and oxygen atoms in total. The molecule has 0 aliphatic carbocycles. The SMILES string of the molecule is Cc1cccc(S(=O)(=O)[C@@](N)(CNC(=O)C[C@H]2CC(c3ccc(C(=N)N)cn3)NO2)C(=O)O)c1. The van der Waals surface area contributed by atoms with E-state index in [9.17, 15) is 23.1 Å². The van der Waals surface area contributed by atoms with Gasteiger partial charge in [0.05, 0.1) is 35.7 Å². The lowest BCUT2D eigenvalue weighted by molar-refractivity contribution is -0.140. The van der Waals surface area contributed by atoms with Crippen molar-refractivity contribution in [1.82, 2.24) is 15.8 Å². The van der Waals surface area contributed by atoms with Crippen LogP contribution in [0.25, 0.3) is 0 Å². The zero-order chi connectivity index (χ0) is 25.1. The van der Waals surface area contributed by atoms with E-state index in [1.165, 1.54) is 24.4 Å². The molecule has 1 amide bonds. The summed E-state index contributed by atoms with van der Waals surface area (Å²) < 4.78 is 25.9. The quantitative estimate of drug-likeness (QED) is 0.200. The number of carbonyl (C=O) groups is 2. The average Bonchev–Trinajstić information content (AvgIpc) is 3.25. The van der Waals surface area contributed by atoms with E-state index in [0.29, 0.717) is 23.2 Å². The Hall–Kier alpha value is -3.39. The molecule has 1 aromatic carbocycles. The third kappa shape index (κ3) is 5.22. The maximum Gasteiger partial charge on any atom is 0.341 e. The van der Waals surface area contributed by atoms with Gasteiger partial charge in [0.25, 0.3) is 0 Å². The number of pyridine rings is 1. The number of rotatable bonds is 9. The minimum atomic E-state index is -4.51. The summed E-state index contributed by atoms with van der Waals surface area (Å²) in [6.07, 6.45) is 1.12. The summed E-state index contributed by atoms with van der Waals surface area (Å²) >= 11 is 0. The number of amides is 1. The van der Waals surface area contributed by atoms with Crippen LogP contribution >= 0.6 is 0 Å². The van der Waals surface area contributed by atoms with Gasteiger partial charge >= 0.3 is 5.97 Å². The molecule has 1 unspecified atom stereocenters. The normalized spacial score (nSPS) is 19.8. The van der Waals surface area contributed by atoms with Gasteiger partial charge in [-0.3, -0.25) is 20.0 Å². The van der Waals surface area contributed by atoms with Gasteiger partial charge < -0.3 is 21.9 Å². The highest BCUT2D eigenvalue weighted by Crippen LogP contribution is 2.26. The molecule has 0 radical (unpaired) electrons. The van der Waals surface area contributed by atoms with Gasteiger partial charge in [0, 0.05) is 11.8 Å². The van der Waals surface area contributed by atoms with Crippen LogP contribution in [0.2, 0.25) is 0 Å². The number of benzene rings is 1. The number of nitrogens with two attached hydrogens (primary N) is 2. The summed E-state index contributed by atoms with van der Waals surface area (Å²) in [7, 11) is -4.51. The fraction of sp³-hybridized carbons (Fsp3) is 0.333. The molecule has 1 saturated heterocycles. The number of sulfone groups is 1. The topological polar surface area (TPSA) is 211 Å². The van der Waals surface area contributed by atoms with E-state index in [4.69, 9.17) is 21.7 Å². The number of carbonyl (C=O) groups excluding carboxylic acids is 1. The summed E-state index contributed by atoms with van der Waals surface area (Å²) in [4.78, 5) is 30.9. The second kappa shape index (κ2) is 9.85. The van der Waals surface area contributed by atoms with Crippen molar-refractivity contribution >= 4 is 27.5 Å². The smallest absolute Gasteiger partial charge is 0.341 e. The molecule has 13 heteroatoms. The lowest BCUT2D eigenvalue weighted by atomic mass is 10.0. The Morgan fingerprint density at radius 2 is 2.09 bits per heavy atom. The molecule has 2 aromatic rings. The fourth-order valence-corrected chi connectivity index (χ4v) is 4.91. The number of hydrogen-bond acceptors (Lipinski definition) is 9. The molecule has 34 heavy (non-hydrogen) atoms. The highest BCUT2D eigenvalue weighted by Gasteiger charge is 2.49. The summed E-state index contributed by atoms with van der Waals surface area (Å²) in [5.74, 6) is -2.51. The standard InChI is InChI=1S/C21H26N6O6S/c1-12-3-2-4-15(7-12)34(31,32)21(24,20(29)30)11-26-18(28)9-14-8-17(27-33-14)16-6-5-13(10-25-16)19(22)23/h2-7,10,14,17,27H,8-9,11,24H2,1H3,(H3,22,23)(H,26,28)(H,29,30)/t14-,17?,21+/m1/s1. The molecule has 1 aromatic heterocycles. The Morgan fingerprint density at radius 3 is 2.68 bits per heavy atom. The van der Waals surface area contributed by atoms with E-state index >= 15 is 0 Å². The van der Waals surface area contributed by atoms with Gasteiger partial charge in [-0.15, -0.1) is 0 Å². The van der Waals surface area contributed by atoms with Crippen molar-refractivity contribution in [2.75, 3.05) is 6.54 Å². The summed E-state index contributed by atoms with van der Waals surface area (Å²) in [6.45, 7) is 0.838. The van der Waals surface area contributed by atoms with Gasteiger partial charge in [-0.25, -0.2) is 13.2 Å². The largest absolute Gasteiger partial charge is 0.479 e. The van der Waals surface area contributed by atoms with Crippen molar-refractivity contribution in [3.63, 3.8) is 0 Å². The number of amidine groups is 1. The molecule has 3 atom stereocenters. The Kier molecular flexibility index (Phi) is 7.31. The summed E-state index contributed by atoms with van der Waals surface area (Å²) in [5.41, 5.74) is 15.7. The summed E-state index contributed by atoms with van der Waals surface area (Å²) in [5, 5.41) is 19.3. The molecular weight excluding hydrogens is 464 g/mol. The maximum absolute atomic E-state index is 13.0. The van der Waals surface area contributed by atoms with Crippen LogP contribution in [-0.2, 0) is 24.3 Å². The van der Waals surface area contributed by atoms with Crippen molar-refractivity contribution < 1.29 is 28.0 Å². The Morgan fingerprint density at radius 1 is 1.35 bits per heavy atom. The van der Waals surface area contributed by atoms with Gasteiger partial charge in [-0.05, 0) is 43.2 Å². The number of nitrogen functional groups attached to an aromatic ring is 1. The Balaban J connectivity index is 1.62. The van der Waals surface area contributed by atoms with E-state index in [-0.39, 0.29) is 23.2 Å². The summed E-state index contributed by atoms with van der Waals surface area (Å²) in [6, 6.07) is 8.73. The van der Waals surface area contributed by atoms with Gasteiger partial charge in [-0.2, -0.15) is 5.48 Å². The molecular formula is C21H26N6O6S. The lowest BCUT2D eigenvalue weighted by Gasteiger charge is -2.25. The lowest BCUT2D eigenvalue weighted by Crippen LogP contribution is -2.61. The van der Waals surface area contributed by atoms with Crippen LogP contribution in [0.3, 0.4) is 0 Å². The number of nitrogens with one attached hydrogen (secondary N) is 3. The van der Waals surface area contributed by atoms with Crippen molar-refractivity contribution in [3.8, 4) is 0 Å². The minimum absolute atomic E-state index is 0.106. The number of hydroxylamine groups is 1. The first-order valence-electron chi connectivity index (χ1n) is 10.3. The zero-order valence-electron chi connectivity index (χ0n) is 18.3. The predicted octanol–water partition coefficient (Wildman–Crippen LogP) is -0.272. The van der Waals surface area contributed by atoms with E-state index in [1.54, 1.807) is 25.1 Å². The molecule has 2 heterocycles. The third-order valence-corrected chi connectivity index (χ3v) is 7.59. The molecule has 1 fully saturated rings. The van der Waals surface area contributed by atoms with E-state index in [1.807, 2.05) is 0 Å². The van der Waals surface area contributed by atoms with E-state index in [2.05, 4.69) is 15.8 Å². The molecule has 0 spiro atoms. The first-order valence-corrected chi connectivity index (χ1v) is 11.7. The van der Waals surface area contributed by atoms with Gasteiger partial charge in [0.2, 0.25) is 20.6 Å². The molecule has 0 saturated carbocycles. The van der Waals surface area contributed by atoms with Crippen LogP contribution in [0.1, 0.15) is 35.7 Å². The first-order chi connectivity index (χ1) is 15.9. The monoisotopic (exact) mass is 490 g/mol. The van der Waals surface area contributed by atoms with Crippen LogP contribution < -0.4 is 22.3 Å². The Labute approximate surface area is 196 Å². The highest BCUT2D eigenvalue weighted by atomic mass is 32.2. The van der Waals surface area contributed by atoms with Crippen LogP contribution in [0, 0.1) is 12.3 Å². The number of aliphatic carboxylic acids is 1. The minimum Gasteiger partial charge on any atom is -0.479 e. The molecule has 3 rings (SSSR count). The number of aromatic nitrogens is 1. The zero-order valence-corrected chi connectivity index (χ0v) is 19.1. The molecule has 1 aliphatic heterocycles. The molecule has 0 bridgehead atoms. The van der Waals surface area contributed by atoms with Crippen LogP contribution in [0.4, 0.5) is 0 Å². The number of carboxylic acids is 1. The molecule has 8 N–H and O–H groups in total. The average molecular weight is 491 g/mol. The van der Waals surface area contributed by atoms with Gasteiger partial charge in [0.1, 0.15) is 5.84 Å². The van der Waals surface area contributed by atoms with Gasteiger partial charge in [0.15, 0.2) is 0 Å². The van der Waals surface area contributed by atoms with Crippen molar-refractivity contribution in [2.45, 2.75) is 41.7 Å². The number of hydrogen-bond donors (Lipinski definition) is 6. The fourth-order valence-electron chi connectivity index (χ4n) is 3.40. The molecule has 182 valence electrons. The van der Waals surface area contributed by atoms with E-state index in [0.717, 1.165) is 0 Å². The van der Waals surface area contributed by atoms with Crippen LogP contribution in [0.5, 0.6) is 0 Å². The van der Waals surface area contributed by atoms with Crippen LogP contribution in [-0.4, -0.2) is 53.7 Å². The van der Waals surface area contributed by atoms with Crippen molar-refractivity contribution in [3.05, 3.63) is 59.4 Å². The first kappa shape index (κ1) is 25.2. The Bertz CT molecular complexity index is 1200. The second-order valence-corrected chi connectivity index (χ2v) is 10.2. The highest BCUT2D eigenvalue weighted by molar-refractivity contribution is 7.93. The maximum atomic E-state index is 13.0. The number of aryl methyl sites for hydroxylation is 1. The second-order valence-electron chi connectivity index (χ2n) is 8.03. The van der Waals surface area contributed by atoms with Crippen molar-refractivity contribution in [2.24, 2.45) is 11.5 Å². The third-order valence-electron chi connectivity index (χ3n) is 5.43.